The van der Waals surface area contributed by atoms with Crippen molar-refractivity contribution >= 4 is 10.0 Å². The van der Waals surface area contributed by atoms with Crippen molar-refractivity contribution in [3.05, 3.63) is 29.8 Å². The molecule has 0 aliphatic rings. The molecule has 20 heavy (non-hydrogen) atoms. The number of halogens is 3. The molecule has 0 aromatic heterocycles. The summed E-state index contributed by atoms with van der Waals surface area (Å²) in [7, 11) is -4.25. The Balaban J connectivity index is 3.05. The minimum Gasteiger partial charge on any atom is -0.326 e. The Morgan fingerprint density at radius 1 is 1.25 bits per heavy atom. The Kier molecular flexibility index (Phi) is 5.17. The first-order valence-corrected chi connectivity index (χ1v) is 7.45. The lowest BCUT2D eigenvalue weighted by atomic mass is 10.1. The van der Waals surface area contributed by atoms with Gasteiger partial charge in [-0.25, -0.2) is 13.1 Å². The van der Waals surface area contributed by atoms with Crippen molar-refractivity contribution in [1.82, 2.24) is 4.72 Å². The third-order valence-electron chi connectivity index (χ3n) is 2.85. The maximum Gasteiger partial charge on any atom is 0.417 e. The lowest BCUT2D eigenvalue weighted by Crippen LogP contribution is -2.40. The van der Waals surface area contributed by atoms with Crippen LogP contribution in [0, 0.1) is 5.92 Å². The Hall–Kier alpha value is -1.12. The minimum absolute atomic E-state index is 0.00978. The normalized spacial score (nSPS) is 14.6. The Morgan fingerprint density at radius 2 is 1.80 bits per heavy atom. The molecular weight excluding hydrogens is 293 g/mol. The monoisotopic (exact) mass is 310 g/mol. The van der Waals surface area contributed by atoms with Crippen molar-refractivity contribution in [3.8, 4) is 0 Å². The van der Waals surface area contributed by atoms with Crippen molar-refractivity contribution in [2.24, 2.45) is 11.7 Å². The molecule has 0 fully saturated rings. The summed E-state index contributed by atoms with van der Waals surface area (Å²) in [5, 5.41) is 0. The third kappa shape index (κ3) is 4.19. The number of nitrogens with one attached hydrogen (secondary N) is 1. The van der Waals surface area contributed by atoms with Gasteiger partial charge in [-0.3, -0.25) is 0 Å². The SMILES string of the molecule is CC(C)C(N)CNS(=O)(=O)c1ccccc1C(F)(F)F. The van der Waals surface area contributed by atoms with Crippen LogP contribution in [0.1, 0.15) is 19.4 Å². The van der Waals surface area contributed by atoms with E-state index in [4.69, 9.17) is 5.73 Å². The van der Waals surface area contributed by atoms with E-state index in [0.717, 1.165) is 18.2 Å². The van der Waals surface area contributed by atoms with Crippen LogP contribution in [0.4, 0.5) is 13.2 Å². The van der Waals surface area contributed by atoms with Gasteiger partial charge in [-0.1, -0.05) is 26.0 Å². The summed E-state index contributed by atoms with van der Waals surface area (Å²) < 4.78 is 64.4. The maximum atomic E-state index is 12.8. The first kappa shape index (κ1) is 16.9. The molecule has 1 unspecified atom stereocenters. The average molecular weight is 310 g/mol. The van der Waals surface area contributed by atoms with E-state index in [9.17, 15) is 21.6 Å². The van der Waals surface area contributed by atoms with Gasteiger partial charge < -0.3 is 5.73 Å². The molecule has 0 radical (unpaired) electrons. The molecule has 114 valence electrons. The van der Waals surface area contributed by atoms with E-state index < -0.39 is 32.7 Å². The molecule has 1 aromatic rings. The molecular formula is C12H17F3N2O2S. The highest BCUT2D eigenvalue weighted by Crippen LogP contribution is 2.33. The number of benzene rings is 1. The number of sulfonamides is 1. The first-order valence-electron chi connectivity index (χ1n) is 5.97. The smallest absolute Gasteiger partial charge is 0.326 e. The molecule has 0 aliphatic heterocycles. The van der Waals surface area contributed by atoms with E-state index in [1.807, 2.05) is 0 Å². The number of hydrogen-bond donors (Lipinski definition) is 2. The fourth-order valence-electron chi connectivity index (χ4n) is 1.45. The summed E-state index contributed by atoms with van der Waals surface area (Å²) in [6.07, 6.45) is -4.73. The zero-order chi connectivity index (χ0) is 15.6. The summed E-state index contributed by atoms with van der Waals surface area (Å²) in [6.45, 7) is 3.47. The molecule has 0 aliphatic carbocycles. The van der Waals surface area contributed by atoms with E-state index in [1.165, 1.54) is 6.07 Å². The Bertz CT molecular complexity index is 556. The summed E-state index contributed by atoms with van der Waals surface area (Å²) in [5.41, 5.74) is 4.49. The standard InChI is InChI=1S/C12H17F3N2O2S/c1-8(2)10(16)7-17-20(18,19)11-6-4-3-5-9(11)12(13,14)15/h3-6,8,10,17H,7,16H2,1-2H3. The molecule has 4 nitrogen and oxygen atoms in total. The molecule has 1 rings (SSSR count). The predicted molar refractivity (Wildman–Crippen MR) is 69.4 cm³/mol. The third-order valence-corrected chi connectivity index (χ3v) is 4.33. The quantitative estimate of drug-likeness (QED) is 0.873. The molecule has 0 saturated heterocycles. The minimum atomic E-state index is -4.73. The van der Waals surface area contributed by atoms with Crippen molar-refractivity contribution < 1.29 is 21.6 Å². The van der Waals surface area contributed by atoms with Gasteiger partial charge in [0.2, 0.25) is 10.0 Å². The highest BCUT2D eigenvalue weighted by atomic mass is 32.2. The van der Waals surface area contributed by atoms with Crippen LogP contribution in [0.25, 0.3) is 0 Å². The molecule has 0 amide bonds. The second-order valence-corrected chi connectivity index (χ2v) is 6.49. The molecule has 3 N–H and O–H groups in total. The lowest BCUT2D eigenvalue weighted by molar-refractivity contribution is -0.139. The van der Waals surface area contributed by atoms with Gasteiger partial charge >= 0.3 is 6.18 Å². The molecule has 1 atom stereocenters. The van der Waals surface area contributed by atoms with Crippen molar-refractivity contribution in [2.45, 2.75) is 31.0 Å². The van der Waals surface area contributed by atoms with Gasteiger partial charge in [-0.05, 0) is 18.1 Å². The Morgan fingerprint density at radius 3 is 2.30 bits per heavy atom. The second-order valence-electron chi connectivity index (χ2n) is 4.75. The summed E-state index contributed by atoms with van der Waals surface area (Å²) in [5.74, 6) is 0.00978. The van der Waals surface area contributed by atoms with E-state index in [1.54, 1.807) is 13.8 Å². The fraction of sp³-hybridized carbons (Fsp3) is 0.500. The van der Waals surface area contributed by atoms with Crippen LogP contribution >= 0.6 is 0 Å². The fourth-order valence-corrected chi connectivity index (χ4v) is 2.75. The van der Waals surface area contributed by atoms with Crippen LogP contribution in [0.5, 0.6) is 0 Å². The largest absolute Gasteiger partial charge is 0.417 e. The summed E-state index contributed by atoms with van der Waals surface area (Å²) >= 11 is 0. The molecule has 0 saturated carbocycles. The topological polar surface area (TPSA) is 72.2 Å². The van der Waals surface area contributed by atoms with Crippen molar-refractivity contribution in [2.75, 3.05) is 6.54 Å². The van der Waals surface area contributed by atoms with Crippen LogP contribution < -0.4 is 10.5 Å². The second kappa shape index (κ2) is 6.11. The van der Waals surface area contributed by atoms with Crippen molar-refractivity contribution in [1.29, 1.82) is 0 Å². The van der Waals surface area contributed by atoms with Crippen LogP contribution in [0.15, 0.2) is 29.2 Å². The highest BCUT2D eigenvalue weighted by Gasteiger charge is 2.36. The number of rotatable bonds is 5. The van der Waals surface area contributed by atoms with E-state index in [-0.39, 0.29) is 12.5 Å². The summed E-state index contributed by atoms with van der Waals surface area (Å²) in [4.78, 5) is -0.788. The van der Waals surface area contributed by atoms with E-state index >= 15 is 0 Å². The average Bonchev–Trinajstić information content (AvgIpc) is 2.35. The predicted octanol–water partition coefficient (Wildman–Crippen LogP) is 1.97. The van der Waals surface area contributed by atoms with Crippen LogP contribution in [0.3, 0.4) is 0 Å². The zero-order valence-corrected chi connectivity index (χ0v) is 11.9. The Labute approximate surface area is 116 Å². The van der Waals surface area contributed by atoms with Gasteiger partial charge in [0.1, 0.15) is 0 Å². The van der Waals surface area contributed by atoms with Crippen LogP contribution in [-0.2, 0) is 16.2 Å². The maximum absolute atomic E-state index is 12.8. The van der Waals surface area contributed by atoms with Crippen LogP contribution in [-0.4, -0.2) is 21.0 Å². The van der Waals surface area contributed by atoms with Gasteiger partial charge in [0.15, 0.2) is 0 Å². The highest BCUT2D eigenvalue weighted by molar-refractivity contribution is 7.89. The zero-order valence-electron chi connectivity index (χ0n) is 11.1. The summed E-state index contributed by atoms with van der Waals surface area (Å²) in [6, 6.07) is 3.57. The molecule has 0 spiro atoms. The lowest BCUT2D eigenvalue weighted by Gasteiger charge is -2.18. The molecule has 1 aromatic carbocycles. The van der Waals surface area contributed by atoms with Crippen molar-refractivity contribution in [3.63, 3.8) is 0 Å². The van der Waals surface area contributed by atoms with E-state index in [2.05, 4.69) is 4.72 Å². The molecule has 0 heterocycles. The van der Waals surface area contributed by atoms with Gasteiger partial charge in [-0.15, -0.1) is 0 Å². The number of alkyl halides is 3. The first-order chi connectivity index (χ1) is 9.05. The van der Waals surface area contributed by atoms with Gasteiger partial charge in [0.05, 0.1) is 10.5 Å². The molecule has 0 bridgehead atoms. The molecule has 8 heteroatoms. The number of nitrogens with two attached hydrogens (primary N) is 1. The van der Waals surface area contributed by atoms with Crippen LogP contribution in [0.2, 0.25) is 0 Å². The van der Waals surface area contributed by atoms with Gasteiger partial charge in [0, 0.05) is 12.6 Å². The number of hydrogen-bond acceptors (Lipinski definition) is 3. The van der Waals surface area contributed by atoms with Gasteiger partial charge in [-0.2, -0.15) is 13.2 Å². The van der Waals surface area contributed by atoms with E-state index in [0.29, 0.717) is 0 Å². The van der Waals surface area contributed by atoms with Gasteiger partial charge in [0.25, 0.3) is 0 Å².